The molecule has 5 heteroatoms. The van der Waals surface area contributed by atoms with Crippen LogP contribution in [0.4, 0.5) is 4.79 Å². The summed E-state index contributed by atoms with van der Waals surface area (Å²) in [4.78, 5) is 23.1. The molecule has 19 heavy (non-hydrogen) atoms. The van der Waals surface area contributed by atoms with Crippen molar-refractivity contribution in [3.63, 3.8) is 0 Å². The van der Waals surface area contributed by atoms with E-state index in [1.165, 1.54) is 0 Å². The lowest BCUT2D eigenvalue weighted by Crippen LogP contribution is -2.56. The first-order valence-corrected chi connectivity index (χ1v) is 7.25. The van der Waals surface area contributed by atoms with Crippen molar-refractivity contribution in [3.05, 3.63) is 0 Å². The predicted molar refractivity (Wildman–Crippen MR) is 72.0 cm³/mol. The minimum Gasteiger partial charge on any atom is -0.481 e. The van der Waals surface area contributed by atoms with Crippen molar-refractivity contribution in [1.82, 2.24) is 10.6 Å². The molecular formula is C14H24N2O3. The fourth-order valence-electron chi connectivity index (χ4n) is 3.51. The van der Waals surface area contributed by atoms with E-state index in [0.29, 0.717) is 0 Å². The van der Waals surface area contributed by atoms with Crippen LogP contribution in [0.25, 0.3) is 0 Å². The van der Waals surface area contributed by atoms with E-state index in [1.54, 1.807) is 0 Å². The molecule has 0 atom stereocenters. The highest BCUT2D eigenvalue weighted by molar-refractivity contribution is 5.77. The van der Waals surface area contributed by atoms with Gasteiger partial charge in [0.1, 0.15) is 0 Å². The molecule has 2 saturated carbocycles. The first-order valence-electron chi connectivity index (χ1n) is 7.25. The molecule has 0 radical (unpaired) electrons. The van der Waals surface area contributed by atoms with Gasteiger partial charge in [0.2, 0.25) is 0 Å². The standard InChI is InChI=1S/C14H24N2O3/c1-13(6-2-3-7-13)15-12(19)16-14(10-11(17)18)8-4-5-9-14/h2-10H2,1H3,(H,17,18)(H2,15,16,19). The highest BCUT2D eigenvalue weighted by Crippen LogP contribution is 2.33. The third-order valence-electron chi connectivity index (χ3n) is 4.55. The normalized spacial score (nSPS) is 24.1. The lowest BCUT2D eigenvalue weighted by Gasteiger charge is -2.32. The van der Waals surface area contributed by atoms with E-state index in [4.69, 9.17) is 5.11 Å². The first-order chi connectivity index (χ1) is 8.93. The summed E-state index contributed by atoms with van der Waals surface area (Å²) in [5, 5.41) is 15.0. The van der Waals surface area contributed by atoms with Gasteiger partial charge < -0.3 is 15.7 Å². The Hall–Kier alpha value is -1.26. The van der Waals surface area contributed by atoms with Crippen LogP contribution in [0.15, 0.2) is 0 Å². The molecule has 0 spiro atoms. The Balaban J connectivity index is 1.93. The quantitative estimate of drug-likeness (QED) is 0.732. The van der Waals surface area contributed by atoms with Crippen LogP contribution in [-0.4, -0.2) is 28.2 Å². The zero-order valence-corrected chi connectivity index (χ0v) is 11.6. The molecule has 2 aliphatic rings. The number of nitrogens with one attached hydrogen (secondary N) is 2. The summed E-state index contributed by atoms with van der Waals surface area (Å²) in [5.74, 6) is -0.839. The Morgan fingerprint density at radius 3 is 2.05 bits per heavy atom. The summed E-state index contributed by atoms with van der Waals surface area (Å²) in [7, 11) is 0. The van der Waals surface area contributed by atoms with Crippen LogP contribution in [0.1, 0.15) is 64.7 Å². The van der Waals surface area contributed by atoms with Crippen molar-refractivity contribution in [1.29, 1.82) is 0 Å². The smallest absolute Gasteiger partial charge is 0.315 e. The number of amides is 2. The molecule has 0 unspecified atom stereocenters. The summed E-state index contributed by atoms with van der Waals surface area (Å²) >= 11 is 0. The number of hydrogen-bond donors (Lipinski definition) is 3. The second-order valence-corrected chi connectivity index (χ2v) is 6.40. The van der Waals surface area contributed by atoms with Gasteiger partial charge in [-0.2, -0.15) is 0 Å². The molecule has 2 amide bonds. The van der Waals surface area contributed by atoms with Crippen LogP contribution in [0.2, 0.25) is 0 Å². The third kappa shape index (κ3) is 3.61. The highest BCUT2D eigenvalue weighted by atomic mass is 16.4. The molecule has 2 aliphatic carbocycles. The Morgan fingerprint density at radius 2 is 1.53 bits per heavy atom. The van der Waals surface area contributed by atoms with Crippen LogP contribution < -0.4 is 10.6 Å². The second-order valence-electron chi connectivity index (χ2n) is 6.40. The monoisotopic (exact) mass is 268 g/mol. The van der Waals surface area contributed by atoms with E-state index < -0.39 is 11.5 Å². The number of carboxylic acids is 1. The summed E-state index contributed by atoms with van der Waals surface area (Å²) in [5.41, 5.74) is -0.655. The van der Waals surface area contributed by atoms with Gasteiger partial charge in [0.15, 0.2) is 0 Å². The van der Waals surface area contributed by atoms with E-state index in [0.717, 1.165) is 51.4 Å². The summed E-state index contributed by atoms with van der Waals surface area (Å²) in [6.07, 6.45) is 7.85. The summed E-state index contributed by atoms with van der Waals surface area (Å²) < 4.78 is 0. The van der Waals surface area contributed by atoms with Gasteiger partial charge in [0.25, 0.3) is 0 Å². The largest absolute Gasteiger partial charge is 0.481 e. The maximum Gasteiger partial charge on any atom is 0.315 e. The van der Waals surface area contributed by atoms with Crippen molar-refractivity contribution < 1.29 is 14.7 Å². The fourth-order valence-corrected chi connectivity index (χ4v) is 3.51. The predicted octanol–water partition coefficient (Wildman–Crippen LogP) is 2.41. The van der Waals surface area contributed by atoms with Crippen LogP contribution in [0.5, 0.6) is 0 Å². The fraction of sp³-hybridized carbons (Fsp3) is 0.857. The van der Waals surface area contributed by atoms with Gasteiger partial charge in [-0.25, -0.2) is 4.79 Å². The number of hydrogen-bond acceptors (Lipinski definition) is 2. The summed E-state index contributed by atoms with van der Waals surface area (Å²) in [6, 6.07) is -0.201. The van der Waals surface area contributed by atoms with E-state index in [2.05, 4.69) is 17.6 Å². The van der Waals surface area contributed by atoms with Gasteiger partial charge in [-0.1, -0.05) is 25.7 Å². The number of urea groups is 1. The number of carbonyl (C=O) groups is 2. The van der Waals surface area contributed by atoms with Gasteiger partial charge in [0, 0.05) is 5.54 Å². The lowest BCUT2D eigenvalue weighted by atomic mass is 9.93. The van der Waals surface area contributed by atoms with Gasteiger partial charge >= 0.3 is 12.0 Å². The molecule has 0 aromatic heterocycles. The van der Waals surface area contributed by atoms with Crippen LogP contribution in [-0.2, 0) is 4.79 Å². The van der Waals surface area contributed by atoms with E-state index >= 15 is 0 Å². The van der Waals surface area contributed by atoms with E-state index in [9.17, 15) is 9.59 Å². The molecule has 0 aromatic rings. The molecule has 108 valence electrons. The van der Waals surface area contributed by atoms with Crippen molar-refractivity contribution in [2.24, 2.45) is 0 Å². The molecule has 0 heterocycles. The zero-order chi connectivity index (χ0) is 13.9. The Morgan fingerprint density at radius 1 is 1.00 bits per heavy atom. The van der Waals surface area contributed by atoms with E-state index in [1.807, 2.05) is 0 Å². The van der Waals surface area contributed by atoms with Gasteiger partial charge in [0.05, 0.1) is 12.0 Å². The van der Waals surface area contributed by atoms with Gasteiger partial charge in [-0.3, -0.25) is 4.79 Å². The molecule has 3 N–H and O–H groups in total. The van der Waals surface area contributed by atoms with Crippen molar-refractivity contribution >= 4 is 12.0 Å². The van der Waals surface area contributed by atoms with E-state index in [-0.39, 0.29) is 18.0 Å². The number of carboxylic acid groups (broad SMARTS) is 1. The van der Waals surface area contributed by atoms with Crippen LogP contribution in [0, 0.1) is 0 Å². The van der Waals surface area contributed by atoms with Gasteiger partial charge in [-0.05, 0) is 32.6 Å². The van der Waals surface area contributed by atoms with Crippen molar-refractivity contribution in [2.45, 2.75) is 75.8 Å². The third-order valence-corrected chi connectivity index (χ3v) is 4.55. The second kappa shape index (κ2) is 5.39. The molecule has 2 fully saturated rings. The van der Waals surface area contributed by atoms with Crippen molar-refractivity contribution in [2.75, 3.05) is 0 Å². The Labute approximate surface area is 114 Å². The summed E-state index contributed by atoms with van der Waals surface area (Å²) in [6.45, 7) is 2.07. The molecule has 2 rings (SSSR count). The minimum absolute atomic E-state index is 0.0249. The van der Waals surface area contributed by atoms with Crippen LogP contribution in [0.3, 0.4) is 0 Å². The minimum atomic E-state index is -0.839. The number of aliphatic carboxylic acids is 1. The Kier molecular flexibility index (Phi) is 4.02. The Bertz CT molecular complexity index is 356. The molecule has 5 nitrogen and oxygen atoms in total. The lowest BCUT2D eigenvalue weighted by molar-refractivity contribution is -0.138. The first kappa shape index (κ1) is 14.2. The topological polar surface area (TPSA) is 78.4 Å². The number of carbonyl (C=O) groups excluding carboxylic acids is 1. The zero-order valence-electron chi connectivity index (χ0n) is 11.6. The van der Waals surface area contributed by atoms with Gasteiger partial charge in [-0.15, -0.1) is 0 Å². The van der Waals surface area contributed by atoms with Crippen molar-refractivity contribution in [3.8, 4) is 0 Å². The average Bonchev–Trinajstić information content (AvgIpc) is 2.87. The highest BCUT2D eigenvalue weighted by Gasteiger charge is 2.39. The number of rotatable bonds is 4. The molecular weight excluding hydrogens is 244 g/mol. The maximum atomic E-state index is 12.1. The molecule has 0 aliphatic heterocycles. The average molecular weight is 268 g/mol. The molecule has 0 bridgehead atoms. The molecule has 0 saturated heterocycles. The molecule has 0 aromatic carbocycles. The SMILES string of the molecule is CC1(NC(=O)NC2(CC(=O)O)CCCC2)CCCC1. The van der Waals surface area contributed by atoms with Crippen LogP contribution >= 0.6 is 0 Å². The maximum absolute atomic E-state index is 12.1.